The molecule has 1 N–H and O–H groups in total. The number of ether oxygens (including phenoxy) is 1. The minimum Gasteiger partial charge on any atom is -0.494 e. The van der Waals surface area contributed by atoms with Crippen molar-refractivity contribution in [1.29, 1.82) is 0 Å². The molecular weight excluding hydrogens is 336 g/mol. The summed E-state index contributed by atoms with van der Waals surface area (Å²) in [6.45, 7) is 6.24. The van der Waals surface area contributed by atoms with Gasteiger partial charge < -0.3 is 15.0 Å². The highest BCUT2D eigenvalue weighted by Crippen LogP contribution is 2.26. The molecule has 0 bridgehead atoms. The lowest BCUT2D eigenvalue weighted by atomic mass is 10.0. The normalized spacial score (nSPS) is 16.8. The molecule has 2 aromatic rings. The number of unbranched alkanes of at least 4 members (excludes halogenated alkanes) is 1. The van der Waals surface area contributed by atoms with E-state index < -0.39 is 0 Å². The van der Waals surface area contributed by atoms with Gasteiger partial charge in [0.25, 0.3) is 5.91 Å². The number of amides is 1. The van der Waals surface area contributed by atoms with E-state index in [-0.39, 0.29) is 5.91 Å². The molecule has 1 heterocycles. The number of hydrogen-bond acceptors (Lipinski definition) is 3. The van der Waals surface area contributed by atoms with Gasteiger partial charge in [0.2, 0.25) is 0 Å². The molecule has 1 amide bonds. The number of benzene rings is 2. The fraction of sp³-hybridized carbons (Fsp3) is 0.435. The third kappa shape index (κ3) is 5.25. The molecule has 0 saturated carbocycles. The summed E-state index contributed by atoms with van der Waals surface area (Å²) in [6.07, 6.45) is 5.95. The van der Waals surface area contributed by atoms with Crippen molar-refractivity contribution in [2.24, 2.45) is 0 Å². The van der Waals surface area contributed by atoms with Crippen molar-refractivity contribution >= 4 is 17.3 Å². The average molecular weight is 367 g/mol. The van der Waals surface area contributed by atoms with Gasteiger partial charge >= 0.3 is 0 Å². The van der Waals surface area contributed by atoms with E-state index in [1.165, 1.54) is 24.9 Å². The number of nitrogens with zero attached hydrogens (tertiary/aromatic N) is 1. The third-order valence-electron chi connectivity index (χ3n) is 5.14. The molecule has 2 aromatic carbocycles. The van der Waals surface area contributed by atoms with E-state index in [0.717, 1.165) is 30.8 Å². The van der Waals surface area contributed by atoms with Crippen molar-refractivity contribution in [2.75, 3.05) is 23.4 Å². The van der Waals surface area contributed by atoms with Crippen LogP contribution in [-0.2, 0) is 0 Å². The summed E-state index contributed by atoms with van der Waals surface area (Å²) in [6, 6.07) is 16.1. The van der Waals surface area contributed by atoms with Crippen LogP contribution >= 0.6 is 0 Å². The number of carbonyl (C=O) groups excluding carboxylic acids is 1. The second-order valence-electron chi connectivity index (χ2n) is 7.27. The summed E-state index contributed by atoms with van der Waals surface area (Å²) >= 11 is 0. The second kappa shape index (κ2) is 9.45. The van der Waals surface area contributed by atoms with E-state index in [1.807, 2.05) is 24.3 Å². The Labute approximate surface area is 162 Å². The molecule has 27 heavy (non-hydrogen) atoms. The van der Waals surface area contributed by atoms with E-state index in [9.17, 15) is 4.79 Å². The third-order valence-corrected chi connectivity index (χ3v) is 5.14. The zero-order valence-corrected chi connectivity index (χ0v) is 16.4. The zero-order valence-electron chi connectivity index (χ0n) is 16.4. The second-order valence-corrected chi connectivity index (χ2v) is 7.27. The van der Waals surface area contributed by atoms with Crippen molar-refractivity contribution in [2.45, 2.75) is 52.0 Å². The van der Waals surface area contributed by atoms with Crippen molar-refractivity contribution in [3.05, 3.63) is 54.1 Å². The molecule has 4 heteroatoms. The molecule has 0 spiro atoms. The number of hydrogen-bond donors (Lipinski definition) is 1. The van der Waals surface area contributed by atoms with Gasteiger partial charge in [-0.15, -0.1) is 0 Å². The maximum absolute atomic E-state index is 12.5. The van der Waals surface area contributed by atoms with E-state index in [4.69, 9.17) is 4.74 Å². The van der Waals surface area contributed by atoms with Crippen LogP contribution in [0.3, 0.4) is 0 Å². The average Bonchev–Trinajstić information content (AvgIpc) is 2.70. The quantitative estimate of drug-likeness (QED) is 0.658. The van der Waals surface area contributed by atoms with Gasteiger partial charge in [0.1, 0.15) is 5.75 Å². The summed E-state index contributed by atoms with van der Waals surface area (Å²) in [4.78, 5) is 14.9. The van der Waals surface area contributed by atoms with Crippen molar-refractivity contribution in [3.63, 3.8) is 0 Å². The fourth-order valence-electron chi connectivity index (χ4n) is 3.46. The Morgan fingerprint density at radius 1 is 1.11 bits per heavy atom. The van der Waals surface area contributed by atoms with Gasteiger partial charge in [-0.2, -0.15) is 0 Å². The summed E-state index contributed by atoms with van der Waals surface area (Å²) in [5.74, 6) is 0.703. The largest absolute Gasteiger partial charge is 0.494 e. The van der Waals surface area contributed by atoms with Gasteiger partial charge in [0.05, 0.1) is 6.61 Å². The lowest BCUT2D eigenvalue weighted by Gasteiger charge is -2.35. The predicted octanol–water partition coefficient (Wildman–Crippen LogP) is 5.50. The van der Waals surface area contributed by atoms with Crippen LogP contribution in [-0.4, -0.2) is 25.1 Å². The molecule has 1 aliphatic heterocycles. The molecule has 0 radical (unpaired) electrons. The molecular formula is C23H30N2O2. The predicted molar refractivity (Wildman–Crippen MR) is 112 cm³/mol. The highest BCUT2D eigenvalue weighted by Gasteiger charge is 2.18. The smallest absolute Gasteiger partial charge is 0.255 e. The first-order chi connectivity index (χ1) is 13.2. The first kappa shape index (κ1) is 19.3. The monoisotopic (exact) mass is 366 g/mol. The number of rotatable bonds is 7. The maximum Gasteiger partial charge on any atom is 0.255 e. The van der Waals surface area contributed by atoms with Crippen LogP contribution in [0.1, 0.15) is 56.3 Å². The van der Waals surface area contributed by atoms with E-state index in [2.05, 4.69) is 36.2 Å². The van der Waals surface area contributed by atoms with Crippen LogP contribution in [0.25, 0.3) is 0 Å². The van der Waals surface area contributed by atoms with Gasteiger partial charge in [-0.1, -0.05) is 13.3 Å². The number of nitrogens with one attached hydrogen (secondary N) is 1. The lowest BCUT2D eigenvalue weighted by molar-refractivity contribution is 0.102. The fourth-order valence-corrected chi connectivity index (χ4v) is 3.46. The summed E-state index contributed by atoms with van der Waals surface area (Å²) in [7, 11) is 0. The topological polar surface area (TPSA) is 41.6 Å². The van der Waals surface area contributed by atoms with Crippen molar-refractivity contribution in [3.8, 4) is 5.75 Å². The van der Waals surface area contributed by atoms with Gasteiger partial charge in [0.15, 0.2) is 0 Å². The SMILES string of the molecule is CCCCOc1ccc(C(=O)Nc2ccc(N3CCCC[C@@H]3C)cc2)cc1. The Morgan fingerprint density at radius 3 is 2.52 bits per heavy atom. The Kier molecular flexibility index (Phi) is 6.74. The van der Waals surface area contributed by atoms with Gasteiger partial charge in [-0.25, -0.2) is 0 Å². The summed E-state index contributed by atoms with van der Waals surface area (Å²) in [5.41, 5.74) is 2.68. The molecule has 4 nitrogen and oxygen atoms in total. The molecule has 144 valence electrons. The highest BCUT2D eigenvalue weighted by molar-refractivity contribution is 6.04. The van der Waals surface area contributed by atoms with Crippen LogP contribution in [0.2, 0.25) is 0 Å². The summed E-state index contributed by atoms with van der Waals surface area (Å²) in [5, 5.41) is 2.97. The highest BCUT2D eigenvalue weighted by atomic mass is 16.5. The summed E-state index contributed by atoms with van der Waals surface area (Å²) < 4.78 is 5.64. The molecule has 1 atom stereocenters. The van der Waals surface area contributed by atoms with E-state index in [1.54, 1.807) is 12.1 Å². The number of carbonyl (C=O) groups is 1. The molecule has 0 unspecified atom stereocenters. The minimum absolute atomic E-state index is 0.103. The van der Waals surface area contributed by atoms with Crippen LogP contribution in [0, 0.1) is 0 Å². The van der Waals surface area contributed by atoms with E-state index in [0.29, 0.717) is 18.2 Å². The molecule has 3 rings (SSSR count). The van der Waals surface area contributed by atoms with Crippen LogP contribution < -0.4 is 15.0 Å². The first-order valence-corrected chi connectivity index (χ1v) is 10.1. The lowest BCUT2D eigenvalue weighted by Crippen LogP contribution is -2.37. The standard InChI is InChI=1S/C23H30N2O2/c1-3-4-17-27-22-14-8-19(9-15-22)23(26)24-20-10-12-21(13-11-20)25-16-6-5-7-18(25)2/h8-15,18H,3-7,16-17H2,1-2H3,(H,24,26)/t18-/m0/s1. The Morgan fingerprint density at radius 2 is 1.85 bits per heavy atom. The number of piperidine rings is 1. The molecule has 1 saturated heterocycles. The molecule has 0 aromatic heterocycles. The van der Waals surface area contributed by atoms with Crippen molar-refractivity contribution < 1.29 is 9.53 Å². The molecule has 1 fully saturated rings. The Bertz CT molecular complexity index is 725. The van der Waals surface area contributed by atoms with Crippen LogP contribution in [0.4, 0.5) is 11.4 Å². The van der Waals surface area contributed by atoms with Crippen molar-refractivity contribution in [1.82, 2.24) is 0 Å². The van der Waals surface area contributed by atoms with Crippen LogP contribution in [0.5, 0.6) is 5.75 Å². The molecule has 0 aliphatic carbocycles. The number of anilines is 2. The Hall–Kier alpha value is -2.49. The van der Waals surface area contributed by atoms with Gasteiger partial charge in [0, 0.05) is 29.5 Å². The van der Waals surface area contributed by atoms with Crippen LogP contribution in [0.15, 0.2) is 48.5 Å². The van der Waals surface area contributed by atoms with E-state index >= 15 is 0 Å². The molecule has 1 aliphatic rings. The zero-order chi connectivity index (χ0) is 19.1. The minimum atomic E-state index is -0.103. The first-order valence-electron chi connectivity index (χ1n) is 10.1. The maximum atomic E-state index is 12.5. The van der Waals surface area contributed by atoms with Gasteiger partial charge in [-0.3, -0.25) is 4.79 Å². The van der Waals surface area contributed by atoms with Gasteiger partial charge in [-0.05, 0) is 81.1 Å². The Balaban J connectivity index is 1.57.